The van der Waals surface area contributed by atoms with Gasteiger partial charge in [-0.1, -0.05) is 24.3 Å². The van der Waals surface area contributed by atoms with Crippen molar-refractivity contribution in [1.82, 2.24) is 0 Å². The summed E-state index contributed by atoms with van der Waals surface area (Å²) in [6.07, 6.45) is 7.95. The van der Waals surface area contributed by atoms with Gasteiger partial charge < -0.3 is 5.73 Å². The normalized spacial score (nSPS) is 11.0. The summed E-state index contributed by atoms with van der Waals surface area (Å²) in [6.45, 7) is 1.46. The van der Waals surface area contributed by atoms with Crippen LogP contribution in [0.25, 0.3) is 12.2 Å². The summed E-state index contributed by atoms with van der Waals surface area (Å²) in [4.78, 5) is 0. The molecular weight excluding hydrogens is 227 g/mol. The Labute approximate surface area is 106 Å². The quantitative estimate of drug-likeness (QED) is 0.820. The average Bonchev–Trinajstić information content (AvgIpc) is 2.40. The third-order valence-corrected chi connectivity index (χ3v) is 2.64. The third kappa shape index (κ3) is 3.50. The van der Waals surface area contributed by atoms with E-state index in [1.807, 2.05) is 41.2 Å². The number of hydrogen-bond acceptors (Lipinski definition) is 1. The topological polar surface area (TPSA) is 29.9 Å². The highest BCUT2D eigenvalue weighted by molar-refractivity contribution is 5.69. The van der Waals surface area contributed by atoms with Crippen LogP contribution in [0.3, 0.4) is 0 Å². The molecule has 2 nitrogen and oxygen atoms in total. The molecule has 1 aromatic carbocycles. The maximum atomic E-state index is 12.7. The zero-order valence-corrected chi connectivity index (χ0v) is 10.1. The van der Waals surface area contributed by atoms with Crippen molar-refractivity contribution in [1.29, 1.82) is 0 Å². The molecule has 0 radical (unpaired) electrons. The molecule has 0 unspecified atom stereocenters. The third-order valence-electron chi connectivity index (χ3n) is 2.64. The van der Waals surface area contributed by atoms with E-state index in [-0.39, 0.29) is 5.82 Å². The van der Waals surface area contributed by atoms with Gasteiger partial charge in [-0.3, -0.25) is 0 Å². The summed E-state index contributed by atoms with van der Waals surface area (Å²) in [5, 5.41) is 0. The highest BCUT2D eigenvalue weighted by Crippen LogP contribution is 2.08. The van der Waals surface area contributed by atoms with E-state index in [9.17, 15) is 4.39 Å². The fourth-order valence-electron chi connectivity index (χ4n) is 1.64. The average molecular weight is 243 g/mol. The monoisotopic (exact) mass is 243 g/mol. The molecule has 0 aliphatic carbocycles. The molecule has 2 N–H and O–H groups in total. The van der Waals surface area contributed by atoms with Crippen molar-refractivity contribution in [2.24, 2.45) is 5.73 Å². The highest BCUT2D eigenvalue weighted by Gasteiger charge is 1.96. The summed E-state index contributed by atoms with van der Waals surface area (Å²) >= 11 is 0. The van der Waals surface area contributed by atoms with Crippen molar-refractivity contribution in [3.05, 3.63) is 65.7 Å². The number of pyridine rings is 1. The lowest BCUT2D eigenvalue weighted by Crippen LogP contribution is -2.36. The van der Waals surface area contributed by atoms with Crippen molar-refractivity contribution < 1.29 is 8.96 Å². The van der Waals surface area contributed by atoms with Gasteiger partial charge in [-0.15, -0.1) is 0 Å². The SMILES string of the molecule is NCC[n+]1ccc(/C=C/c2ccc(F)cc2)cc1. The molecule has 0 saturated heterocycles. The molecule has 2 aromatic rings. The molecule has 0 spiro atoms. The first kappa shape index (κ1) is 12.5. The lowest BCUT2D eigenvalue weighted by atomic mass is 10.1. The largest absolute Gasteiger partial charge is 0.325 e. The highest BCUT2D eigenvalue weighted by atomic mass is 19.1. The Kier molecular flexibility index (Phi) is 4.20. The van der Waals surface area contributed by atoms with E-state index >= 15 is 0 Å². The fourth-order valence-corrected chi connectivity index (χ4v) is 1.64. The Bertz CT molecular complexity index is 515. The number of aromatic nitrogens is 1. The summed E-state index contributed by atoms with van der Waals surface area (Å²) < 4.78 is 14.8. The predicted molar refractivity (Wildman–Crippen MR) is 71.0 cm³/mol. The second-order valence-corrected chi connectivity index (χ2v) is 4.04. The van der Waals surface area contributed by atoms with Crippen LogP contribution in [0.4, 0.5) is 4.39 Å². The molecule has 0 aliphatic heterocycles. The maximum Gasteiger partial charge on any atom is 0.169 e. The van der Waals surface area contributed by atoms with E-state index in [0.29, 0.717) is 6.54 Å². The smallest absolute Gasteiger partial charge is 0.169 e. The van der Waals surface area contributed by atoms with E-state index in [1.165, 1.54) is 12.1 Å². The number of nitrogens with two attached hydrogens (primary N) is 1. The van der Waals surface area contributed by atoms with E-state index in [2.05, 4.69) is 0 Å². The molecule has 0 atom stereocenters. The van der Waals surface area contributed by atoms with Gasteiger partial charge in [0.1, 0.15) is 5.82 Å². The molecular formula is C15H16FN2+. The van der Waals surface area contributed by atoms with Gasteiger partial charge in [-0.05, 0) is 23.3 Å². The molecule has 1 aromatic heterocycles. The molecule has 1 heterocycles. The fraction of sp³-hybridized carbons (Fsp3) is 0.133. The molecule has 18 heavy (non-hydrogen) atoms. The molecule has 2 rings (SSSR count). The van der Waals surface area contributed by atoms with Gasteiger partial charge in [0.25, 0.3) is 0 Å². The summed E-state index contributed by atoms with van der Waals surface area (Å²) in [7, 11) is 0. The molecule has 92 valence electrons. The number of rotatable bonds is 4. The van der Waals surface area contributed by atoms with Crippen LogP contribution < -0.4 is 10.3 Å². The lowest BCUT2D eigenvalue weighted by Gasteiger charge is -1.95. The zero-order valence-electron chi connectivity index (χ0n) is 10.1. The Morgan fingerprint density at radius 3 is 2.06 bits per heavy atom. The van der Waals surface area contributed by atoms with Crippen molar-refractivity contribution in [2.45, 2.75) is 6.54 Å². The van der Waals surface area contributed by atoms with Gasteiger partial charge in [0, 0.05) is 12.1 Å². The predicted octanol–water partition coefficient (Wildman–Crippen LogP) is 2.24. The molecule has 0 amide bonds. The molecule has 0 bridgehead atoms. The van der Waals surface area contributed by atoms with Crippen LogP contribution in [-0.2, 0) is 6.54 Å². The van der Waals surface area contributed by atoms with Crippen LogP contribution in [0.5, 0.6) is 0 Å². The van der Waals surface area contributed by atoms with Crippen LogP contribution >= 0.6 is 0 Å². The van der Waals surface area contributed by atoms with Crippen molar-refractivity contribution >= 4 is 12.2 Å². The van der Waals surface area contributed by atoms with Crippen LogP contribution in [0.1, 0.15) is 11.1 Å². The number of nitrogens with zero attached hydrogens (tertiary/aromatic N) is 1. The molecule has 0 aliphatic rings. The molecule has 0 saturated carbocycles. The zero-order chi connectivity index (χ0) is 12.8. The van der Waals surface area contributed by atoms with E-state index in [4.69, 9.17) is 5.73 Å². The van der Waals surface area contributed by atoms with E-state index < -0.39 is 0 Å². The van der Waals surface area contributed by atoms with Crippen molar-refractivity contribution in [2.75, 3.05) is 6.54 Å². The second-order valence-electron chi connectivity index (χ2n) is 4.04. The van der Waals surface area contributed by atoms with Gasteiger partial charge in [-0.2, -0.15) is 0 Å². The number of hydrogen-bond donors (Lipinski definition) is 1. The van der Waals surface area contributed by atoms with Gasteiger partial charge in [0.2, 0.25) is 0 Å². The number of halogens is 1. The first-order valence-electron chi connectivity index (χ1n) is 5.91. The van der Waals surface area contributed by atoms with Gasteiger partial charge in [0.15, 0.2) is 18.9 Å². The van der Waals surface area contributed by atoms with Crippen molar-refractivity contribution in [3.63, 3.8) is 0 Å². The summed E-state index contributed by atoms with van der Waals surface area (Å²) in [6, 6.07) is 10.5. The minimum Gasteiger partial charge on any atom is -0.325 e. The first-order valence-corrected chi connectivity index (χ1v) is 5.91. The molecule has 0 fully saturated rings. The van der Waals surface area contributed by atoms with Gasteiger partial charge >= 0.3 is 0 Å². The Hall–Kier alpha value is -2.00. The minimum absolute atomic E-state index is 0.213. The molecule has 3 heteroatoms. The van der Waals surface area contributed by atoms with Gasteiger partial charge in [-0.25, -0.2) is 8.96 Å². The Balaban J connectivity index is 2.06. The van der Waals surface area contributed by atoms with Crippen LogP contribution in [0.2, 0.25) is 0 Å². The maximum absolute atomic E-state index is 12.7. The van der Waals surface area contributed by atoms with Crippen LogP contribution in [-0.4, -0.2) is 6.54 Å². The Morgan fingerprint density at radius 2 is 1.50 bits per heavy atom. The summed E-state index contributed by atoms with van der Waals surface area (Å²) in [5.41, 5.74) is 7.57. The second kappa shape index (κ2) is 6.07. The van der Waals surface area contributed by atoms with Gasteiger partial charge in [0.05, 0.1) is 6.54 Å². The van der Waals surface area contributed by atoms with Crippen LogP contribution in [0, 0.1) is 5.82 Å². The Morgan fingerprint density at radius 1 is 0.944 bits per heavy atom. The van der Waals surface area contributed by atoms with Crippen molar-refractivity contribution in [3.8, 4) is 0 Å². The minimum atomic E-state index is -0.213. The first-order chi connectivity index (χ1) is 8.78. The van der Waals surface area contributed by atoms with Crippen LogP contribution in [0.15, 0.2) is 48.8 Å². The summed E-state index contributed by atoms with van der Waals surface area (Å²) in [5.74, 6) is -0.213. The number of benzene rings is 1. The van der Waals surface area contributed by atoms with E-state index in [0.717, 1.165) is 17.7 Å². The van der Waals surface area contributed by atoms with E-state index in [1.54, 1.807) is 12.1 Å². The lowest BCUT2D eigenvalue weighted by molar-refractivity contribution is -0.694. The standard InChI is InChI=1S/C15H16FN2/c16-15-5-3-13(4-6-15)1-2-14-7-10-18(11-8-14)12-9-17/h1-8,10-11H,9,12,17H2/q+1/b2-1+.